The minimum Gasteiger partial charge on any atom is -0.298 e. The maximum atomic E-state index is 11.0. The second-order valence-electron chi connectivity index (χ2n) is 2.99. The standard InChI is InChI=1S/C10H5ClI2N2O/c11-7-3-1-2-6(4-16)8(7)15-5-14-9(12)10(15)13/h1-5H. The van der Waals surface area contributed by atoms with Gasteiger partial charge in [0.15, 0.2) is 6.29 Å². The van der Waals surface area contributed by atoms with Crippen molar-refractivity contribution >= 4 is 63.1 Å². The van der Waals surface area contributed by atoms with Crippen LogP contribution < -0.4 is 0 Å². The molecule has 1 heterocycles. The number of aldehydes is 1. The summed E-state index contributed by atoms with van der Waals surface area (Å²) in [5, 5.41) is 0.538. The third-order valence-electron chi connectivity index (χ3n) is 2.05. The molecule has 2 aromatic rings. The highest BCUT2D eigenvalue weighted by Gasteiger charge is 2.13. The SMILES string of the molecule is O=Cc1cccc(Cl)c1-n1cnc(I)c1I. The van der Waals surface area contributed by atoms with Gasteiger partial charge in [-0.25, -0.2) is 4.98 Å². The number of nitrogens with zero attached hydrogens (tertiary/aromatic N) is 2. The van der Waals surface area contributed by atoms with E-state index in [0.29, 0.717) is 16.3 Å². The van der Waals surface area contributed by atoms with Crippen LogP contribution in [0, 0.1) is 7.40 Å². The molecule has 2 rings (SSSR count). The summed E-state index contributed by atoms with van der Waals surface area (Å²) in [6.07, 6.45) is 2.46. The third kappa shape index (κ3) is 2.12. The predicted molar refractivity (Wildman–Crippen MR) is 79.4 cm³/mol. The van der Waals surface area contributed by atoms with Crippen molar-refractivity contribution in [2.75, 3.05) is 0 Å². The highest BCUT2D eigenvalue weighted by Crippen LogP contribution is 2.27. The molecular weight excluding hydrogens is 453 g/mol. The van der Waals surface area contributed by atoms with Crippen molar-refractivity contribution in [2.45, 2.75) is 0 Å². The molecule has 0 fully saturated rings. The van der Waals surface area contributed by atoms with Crippen LogP contribution in [-0.2, 0) is 0 Å². The van der Waals surface area contributed by atoms with Crippen LogP contribution in [0.2, 0.25) is 5.02 Å². The fourth-order valence-corrected chi connectivity index (χ4v) is 2.51. The van der Waals surface area contributed by atoms with Crippen molar-refractivity contribution in [3.63, 3.8) is 0 Å². The Morgan fingerprint density at radius 2 is 2.12 bits per heavy atom. The van der Waals surface area contributed by atoms with E-state index < -0.39 is 0 Å². The number of para-hydroxylation sites is 1. The maximum Gasteiger partial charge on any atom is 0.152 e. The maximum absolute atomic E-state index is 11.0. The fourth-order valence-electron chi connectivity index (χ4n) is 1.35. The van der Waals surface area contributed by atoms with Crippen molar-refractivity contribution in [2.24, 2.45) is 0 Å². The molecule has 1 aromatic heterocycles. The summed E-state index contributed by atoms with van der Waals surface area (Å²) in [5.41, 5.74) is 1.23. The van der Waals surface area contributed by atoms with Crippen molar-refractivity contribution in [3.8, 4) is 5.69 Å². The minimum atomic E-state index is 0.538. The zero-order valence-electron chi connectivity index (χ0n) is 7.82. The Balaban J connectivity index is 2.72. The van der Waals surface area contributed by atoms with Gasteiger partial charge in [0.25, 0.3) is 0 Å². The lowest BCUT2D eigenvalue weighted by Gasteiger charge is -2.09. The summed E-state index contributed by atoms with van der Waals surface area (Å²) < 4.78 is 3.64. The zero-order chi connectivity index (χ0) is 11.7. The molecule has 82 valence electrons. The molecular formula is C10H5ClI2N2O. The van der Waals surface area contributed by atoms with Crippen LogP contribution >= 0.6 is 56.8 Å². The Hall–Kier alpha value is -0.150. The van der Waals surface area contributed by atoms with Crippen molar-refractivity contribution in [3.05, 3.63) is 42.5 Å². The Labute approximate surface area is 124 Å². The van der Waals surface area contributed by atoms with Gasteiger partial charge in [-0.15, -0.1) is 0 Å². The van der Waals surface area contributed by atoms with Gasteiger partial charge in [0.2, 0.25) is 0 Å². The molecule has 0 atom stereocenters. The molecule has 0 saturated carbocycles. The lowest BCUT2D eigenvalue weighted by atomic mass is 10.2. The van der Waals surface area contributed by atoms with E-state index in [9.17, 15) is 4.79 Å². The van der Waals surface area contributed by atoms with Crippen LogP contribution in [0.1, 0.15) is 10.4 Å². The molecule has 16 heavy (non-hydrogen) atoms. The van der Waals surface area contributed by atoms with Crippen LogP contribution in [0.15, 0.2) is 24.5 Å². The second-order valence-corrected chi connectivity index (χ2v) is 5.44. The van der Waals surface area contributed by atoms with Gasteiger partial charge in [0, 0.05) is 5.56 Å². The fraction of sp³-hybridized carbons (Fsp3) is 0. The first-order valence-electron chi connectivity index (χ1n) is 4.27. The molecule has 0 amide bonds. The normalized spacial score (nSPS) is 10.4. The minimum absolute atomic E-state index is 0.538. The first kappa shape index (κ1) is 12.3. The van der Waals surface area contributed by atoms with Gasteiger partial charge in [-0.2, -0.15) is 0 Å². The molecule has 0 unspecified atom stereocenters. The van der Waals surface area contributed by atoms with Gasteiger partial charge >= 0.3 is 0 Å². The van der Waals surface area contributed by atoms with E-state index >= 15 is 0 Å². The van der Waals surface area contributed by atoms with E-state index in [2.05, 4.69) is 50.2 Å². The van der Waals surface area contributed by atoms with E-state index in [1.165, 1.54) is 0 Å². The third-order valence-corrected chi connectivity index (χ3v) is 5.21. The average molecular weight is 458 g/mol. The van der Waals surface area contributed by atoms with Gasteiger partial charge in [-0.1, -0.05) is 17.7 Å². The molecule has 0 N–H and O–H groups in total. The number of rotatable bonds is 2. The van der Waals surface area contributed by atoms with E-state index in [1.54, 1.807) is 24.5 Å². The number of imidazole rings is 1. The van der Waals surface area contributed by atoms with Crippen LogP contribution in [0.25, 0.3) is 5.69 Å². The second kappa shape index (κ2) is 5.01. The van der Waals surface area contributed by atoms with E-state index in [-0.39, 0.29) is 0 Å². The van der Waals surface area contributed by atoms with Crippen LogP contribution in [0.4, 0.5) is 0 Å². The Morgan fingerprint density at radius 3 is 2.69 bits per heavy atom. The molecule has 0 saturated heterocycles. The number of hydrogen-bond acceptors (Lipinski definition) is 2. The highest BCUT2D eigenvalue weighted by atomic mass is 127. The van der Waals surface area contributed by atoms with E-state index in [1.807, 2.05) is 4.57 Å². The predicted octanol–water partition coefficient (Wildman–Crippen LogP) is 3.55. The molecule has 0 aliphatic rings. The molecule has 0 aliphatic carbocycles. The summed E-state index contributed by atoms with van der Waals surface area (Å²) in [5.74, 6) is 0. The molecule has 0 aliphatic heterocycles. The van der Waals surface area contributed by atoms with Crippen molar-refractivity contribution in [1.82, 2.24) is 9.55 Å². The number of aromatic nitrogens is 2. The summed E-state index contributed by atoms with van der Waals surface area (Å²) in [6.45, 7) is 0. The number of carbonyl (C=O) groups excluding carboxylic acids is 1. The van der Waals surface area contributed by atoms with E-state index in [4.69, 9.17) is 11.6 Å². The van der Waals surface area contributed by atoms with Gasteiger partial charge in [-0.05, 0) is 57.3 Å². The molecule has 6 heteroatoms. The monoisotopic (exact) mass is 458 g/mol. The van der Waals surface area contributed by atoms with Crippen molar-refractivity contribution < 1.29 is 4.79 Å². The lowest BCUT2D eigenvalue weighted by Crippen LogP contribution is -2.01. The average Bonchev–Trinajstić information content (AvgIpc) is 2.60. The van der Waals surface area contributed by atoms with Crippen LogP contribution in [0.3, 0.4) is 0 Å². The van der Waals surface area contributed by atoms with Crippen LogP contribution in [0.5, 0.6) is 0 Å². The summed E-state index contributed by atoms with van der Waals surface area (Å²) >= 11 is 10.4. The number of hydrogen-bond donors (Lipinski definition) is 0. The summed E-state index contributed by atoms with van der Waals surface area (Å²) in [4.78, 5) is 15.2. The van der Waals surface area contributed by atoms with Gasteiger partial charge in [-0.3, -0.25) is 9.36 Å². The molecule has 1 aromatic carbocycles. The number of benzene rings is 1. The lowest BCUT2D eigenvalue weighted by molar-refractivity contribution is 0.112. The first-order valence-corrected chi connectivity index (χ1v) is 6.81. The largest absolute Gasteiger partial charge is 0.298 e. The van der Waals surface area contributed by atoms with E-state index in [0.717, 1.165) is 13.7 Å². The zero-order valence-corrected chi connectivity index (χ0v) is 12.9. The van der Waals surface area contributed by atoms with Crippen LogP contribution in [-0.4, -0.2) is 15.8 Å². The van der Waals surface area contributed by atoms with Gasteiger partial charge < -0.3 is 0 Å². The van der Waals surface area contributed by atoms with Gasteiger partial charge in [0.1, 0.15) is 13.7 Å². The summed E-state index contributed by atoms with van der Waals surface area (Å²) in [6, 6.07) is 5.24. The van der Waals surface area contributed by atoms with Gasteiger partial charge in [0.05, 0.1) is 10.7 Å². The quantitative estimate of drug-likeness (QED) is 0.510. The number of halogens is 3. The molecule has 3 nitrogen and oxygen atoms in total. The van der Waals surface area contributed by atoms with Crippen molar-refractivity contribution in [1.29, 1.82) is 0 Å². The topological polar surface area (TPSA) is 34.9 Å². The summed E-state index contributed by atoms with van der Waals surface area (Å²) in [7, 11) is 0. The Morgan fingerprint density at radius 1 is 1.38 bits per heavy atom. The Kier molecular flexibility index (Phi) is 3.85. The molecule has 0 bridgehead atoms. The molecule has 0 radical (unpaired) electrons. The smallest absolute Gasteiger partial charge is 0.152 e. The first-order chi connectivity index (χ1) is 7.65. The highest BCUT2D eigenvalue weighted by molar-refractivity contribution is 14.1. The molecule has 0 spiro atoms. The Bertz CT molecular complexity index is 554. The number of carbonyl (C=O) groups is 1.